The fourth-order valence-corrected chi connectivity index (χ4v) is 1.43. The van der Waals surface area contributed by atoms with Gasteiger partial charge in [0.15, 0.2) is 0 Å². The van der Waals surface area contributed by atoms with Crippen molar-refractivity contribution in [2.75, 3.05) is 0 Å². The molecule has 0 aliphatic carbocycles. The molecule has 0 saturated carbocycles. The minimum absolute atomic E-state index is 0.648. The summed E-state index contributed by atoms with van der Waals surface area (Å²) < 4.78 is 1.85. The number of isocyanates is 1. The van der Waals surface area contributed by atoms with Gasteiger partial charge in [-0.25, -0.2) is 4.79 Å². The summed E-state index contributed by atoms with van der Waals surface area (Å²) in [4.78, 5) is 13.5. The molecule has 0 atom stereocenters. The van der Waals surface area contributed by atoms with Crippen LogP contribution in [0.15, 0.2) is 27.7 Å². The lowest BCUT2D eigenvalue weighted by atomic mass is 10.3. The normalized spacial score (nSPS) is 8.91. The Hall–Kier alpha value is -0.190. The van der Waals surface area contributed by atoms with E-state index in [0.717, 1.165) is 8.04 Å². The number of carbonyl (C=O) groups excluding carboxylic acids is 1. The van der Waals surface area contributed by atoms with Crippen molar-refractivity contribution in [2.24, 2.45) is 4.99 Å². The summed E-state index contributed by atoms with van der Waals surface area (Å²) in [5, 5.41) is 0. The number of rotatable bonds is 1. The lowest BCUT2D eigenvalue weighted by Gasteiger charge is -1.95. The quantitative estimate of drug-likeness (QED) is 0.444. The fourth-order valence-electron chi connectivity index (χ4n) is 0.621. The van der Waals surface area contributed by atoms with Gasteiger partial charge in [0.1, 0.15) is 0 Å². The molecular weight excluding hydrogens is 321 g/mol. The van der Waals surface area contributed by atoms with Crippen LogP contribution in [0.25, 0.3) is 0 Å². The molecule has 1 aromatic rings. The first-order valence-electron chi connectivity index (χ1n) is 2.77. The van der Waals surface area contributed by atoms with Crippen molar-refractivity contribution in [3.8, 4) is 0 Å². The van der Waals surface area contributed by atoms with Gasteiger partial charge in [-0.15, -0.1) is 0 Å². The highest BCUT2D eigenvalue weighted by atomic mass is 127. The first-order chi connectivity index (χ1) is 5.24. The van der Waals surface area contributed by atoms with E-state index < -0.39 is 0 Å². The van der Waals surface area contributed by atoms with E-state index in [9.17, 15) is 4.79 Å². The van der Waals surface area contributed by atoms with Gasteiger partial charge in [0.25, 0.3) is 0 Å². The van der Waals surface area contributed by atoms with Crippen molar-refractivity contribution in [1.82, 2.24) is 0 Å². The van der Waals surface area contributed by atoms with Gasteiger partial charge in [0.05, 0.1) is 5.69 Å². The first-order valence-corrected chi connectivity index (χ1v) is 4.64. The molecule has 0 radical (unpaired) electrons. The number of nitrogens with zero attached hydrogens (tertiary/aromatic N) is 1. The average molecular weight is 324 g/mol. The Kier molecular flexibility index (Phi) is 3.23. The third-order valence-electron chi connectivity index (χ3n) is 1.07. The standard InChI is InChI=1S/C7H3BrINO/c8-5-1-2-6(9)7(3-5)10-4-11/h1-3H. The van der Waals surface area contributed by atoms with E-state index in [-0.39, 0.29) is 0 Å². The van der Waals surface area contributed by atoms with Crippen molar-refractivity contribution in [3.63, 3.8) is 0 Å². The van der Waals surface area contributed by atoms with Gasteiger partial charge in [-0.2, -0.15) is 4.99 Å². The highest BCUT2D eigenvalue weighted by Gasteiger charge is 1.96. The zero-order chi connectivity index (χ0) is 8.27. The van der Waals surface area contributed by atoms with Gasteiger partial charge >= 0.3 is 0 Å². The molecule has 1 rings (SSSR count). The van der Waals surface area contributed by atoms with Crippen molar-refractivity contribution in [2.45, 2.75) is 0 Å². The molecule has 0 aliphatic rings. The highest BCUT2D eigenvalue weighted by molar-refractivity contribution is 14.1. The number of aliphatic imine (C=N–C) groups is 1. The third-order valence-corrected chi connectivity index (χ3v) is 2.48. The second kappa shape index (κ2) is 3.99. The summed E-state index contributed by atoms with van der Waals surface area (Å²) in [5.74, 6) is 0. The minimum Gasteiger partial charge on any atom is -0.211 e. The molecule has 0 fully saturated rings. The number of hydrogen-bond acceptors (Lipinski definition) is 2. The van der Waals surface area contributed by atoms with Crippen LogP contribution in [0.1, 0.15) is 0 Å². The third kappa shape index (κ3) is 2.39. The van der Waals surface area contributed by atoms with Crippen LogP contribution in [0, 0.1) is 3.57 Å². The van der Waals surface area contributed by atoms with Crippen LogP contribution < -0.4 is 0 Å². The Morgan fingerprint density at radius 3 is 2.91 bits per heavy atom. The molecule has 0 heterocycles. The van der Waals surface area contributed by atoms with Crippen molar-refractivity contribution in [1.29, 1.82) is 0 Å². The van der Waals surface area contributed by atoms with Crippen molar-refractivity contribution >= 4 is 50.3 Å². The Labute approximate surface area is 86.0 Å². The molecular formula is C7H3BrINO. The second-order valence-corrected chi connectivity index (χ2v) is 3.88. The summed E-state index contributed by atoms with van der Waals surface area (Å²) in [6, 6.07) is 5.54. The Morgan fingerprint density at radius 2 is 2.27 bits per heavy atom. The zero-order valence-electron chi connectivity index (χ0n) is 5.34. The maximum absolute atomic E-state index is 9.93. The second-order valence-electron chi connectivity index (χ2n) is 1.80. The molecule has 0 bridgehead atoms. The van der Waals surface area contributed by atoms with E-state index in [1.165, 1.54) is 6.08 Å². The van der Waals surface area contributed by atoms with Crippen LogP contribution in [0.5, 0.6) is 0 Å². The topological polar surface area (TPSA) is 29.4 Å². The summed E-state index contributed by atoms with van der Waals surface area (Å²) in [6.07, 6.45) is 1.50. The molecule has 0 aromatic heterocycles. The Bertz CT molecular complexity index is 320. The van der Waals surface area contributed by atoms with Crippen LogP contribution >= 0.6 is 38.5 Å². The van der Waals surface area contributed by atoms with E-state index >= 15 is 0 Å². The van der Waals surface area contributed by atoms with Crippen LogP contribution in [0.3, 0.4) is 0 Å². The molecule has 4 heteroatoms. The van der Waals surface area contributed by atoms with E-state index in [2.05, 4.69) is 43.5 Å². The molecule has 1 aromatic carbocycles. The molecule has 0 amide bonds. The SMILES string of the molecule is O=C=Nc1cc(Br)ccc1I. The first kappa shape index (κ1) is 8.90. The van der Waals surface area contributed by atoms with E-state index in [1.807, 2.05) is 12.1 Å². The van der Waals surface area contributed by atoms with E-state index in [1.54, 1.807) is 6.07 Å². The fraction of sp³-hybridized carbons (Fsp3) is 0. The number of hydrogen-bond donors (Lipinski definition) is 0. The van der Waals surface area contributed by atoms with E-state index in [0.29, 0.717) is 5.69 Å². The maximum atomic E-state index is 9.93. The molecule has 0 spiro atoms. The molecule has 11 heavy (non-hydrogen) atoms. The van der Waals surface area contributed by atoms with Crippen LogP contribution in [-0.4, -0.2) is 6.08 Å². The lowest BCUT2D eigenvalue weighted by molar-refractivity contribution is 0.565. The largest absolute Gasteiger partial charge is 0.240 e. The maximum Gasteiger partial charge on any atom is 0.240 e. The monoisotopic (exact) mass is 323 g/mol. The molecule has 0 aliphatic heterocycles. The number of benzene rings is 1. The van der Waals surface area contributed by atoms with Gasteiger partial charge in [-0.3, -0.25) is 0 Å². The van der Waals surface area contributed by atoms with Gasteiger partial charge in [-0.1, -0.05) is 15.9 Å². The minimum atomic E-state index is 0.648. The smallest absolute Gasteiger partial charge is 0.211 e. The van der Waals surface area contributed by atoms with Crippen molar-refractivity contribution in [3.05, 3.63) is 26.2 Å². The van der Waals surface area contributed by atoms with Gasteiger partial charge in [-0.05, 0) is 40.8 Å². The zero-order valence-corrected chi connectivity index (χ0v) is 9.09. The Morgan fingerprint density at radius 1 is 1.55 bits per heavy atom. The molecule has 0 saturated heterocycles. The van der Waals surface area contributed by atoms with Crippen LogP contribution in [0.4, 0.5) is 5.69 Å². The summed E-state index contributed by atoms with van der Waals surface area (Å²) in [6.45, 7) is 0. The number of halogens is 2. The van der Waals surface area contributed by atoms with Crippen LogP contribution in [-0.2, 0) is 4.79 Å². The van der Waals surface area contributed by atoms with Gasteiger partial charge in [0, 0.05) is 8.04 Å². The van der Waals surface area contributed by atoms with Gasteiger partial charge < -0.3 is 0 Å². The molecule has 0 N–H and O–H groups in total. The summed E-state index contributed by atoms with van der Waals surface area (Å²) in [7, 11) is 0. The highest BCUT2D eigenvalue weighted by Crippen LogP contribution is 2.24. The van der Waals surface area contributed by atoms with Gasteiger partial charge in [0.2, 0.25) is 6.08 Å². The van der Waals surface area contributed by atoms with Crippen LogP contribution in [0.2, 0.25) is 0 Å². The predicted molar refractivity (Wildman–Crippen MR) is 54.6 cm³/mol. The summed E-state index contributed by atoms with van der Waals surface area (Å²) >= 11 is 5.38. The summed E-state index contributed by atoms with van der Waals surface area (Å²) in [5.41, 5.74) is 0.648. The van der Waals surface area contributed by atoms with E-state index in [4.69, 9.17) is 0 Å². The average Bonchev–Trinajstić information content (AvgIpc) is 1.98. The predicted octanol–water partition coefficient (Wildman–Crippen LogP) is 3.02. The molecule has 56 valence electrons. The Balaban J connectivity index is 3.22. The molecule has 2 nitrogen and oxygen atoms in total. The van der Waals surface area contributed by atoms with Crippen molar-refractivity contribution < 1.29 is 4.79 Å². The lowest BCUT2D eigenvalue weighted by Crippen LogP contribution is -1.72. The molecule has 0 unspecified atom stereocenters.